The Hall–Kier alpha value is -1.76. The van der Waals surface area contributed by atoms with Crippen LogP contribution in [0, 0.1) is 11.4 Å². The Balaban J connectivity index is 2.38. The zero-order valence-electron chi connectivity index (χ0n) is 9.47. The van der Waals surface area contributed by atoms with Gasteiger partial charge < -0.3 is 15.2 Å². The number of ketones is 1. The van der Waals surface area contributed by atoms with Gasteiger partial charge in [0.05, 0.1) is 6.61 Å². The number of hydrogen-bond donors (Lipinski definition) is 3. The zero-order chi connectivity index (χ0) is 12.8. The molecule has 3 N–H and O–H groups in total. The summed E-state index contributed by atoms with van der Waals surface area (Å²) in [5, 5.41) is 15.0. The SMILES string of the molecule is CCOC(=O)/C(=C/NCC1CC(=O)C1O)N=N. The lowest BCUT2D eigenvalue weighted by Crippen LogP contribution is -2.46. The van der Waals surface area contributed by atoms with Gasteiger partial charge >= 0.3 is 5.97 Å². The standard InChI is InChI=1S/C10H15N3O4/c1-2-17-10(16)7(13-11)5-12-4-6-3-8(14)9(6)15/h5-6,9,11-12,15H,2-4H2,1H3/b7-5-,13-11?. The summed E-state index contributed by atoms with van der Waals surface area (Å²) in [6.07, 6.45) is 0.657. The van der Waals surface area contributed by atoms with Crippen LogP contribution in [-0.4, -0.2) is 36.1 Å². The normalized spacial score (nSPS) is 23.9. The number of Topliss-reactive ketones (excluding diaryl/α,β-unsaturated/α-hetero) is 1. The lowest BCUT2D eigenvalue weighted by molar-refractivity contribution is -0.142. The van der Waals surface area contributed by atoms with Crippen LogP contribution in [0.4, 0.5) is 0 Å². The number of hydrogen-bond acceptors (Lipinski definition) is 7. The fourth-order valence-corrected chi connectivity index (χ4v) is 1.43. The highest BCUT2D eigenvalue weighted by molar-refractivity contribution is 5.89. The monoisotopic (exact) mass is 241 g/mol. The minimum atomic E-state index is -0.921. The summed E-state index contributed by atoms with van der Waals surface area (Å²) in [5.74, 6) is -0.996. The third kappa shape index (κ3) is 3.35. The Bertz CT molecular complexity index is 353. The van der Waals surface area contributed by atoms with Crippen molar-refractivity contribution in [2.75, 3.05) is 13.2 Å². The van der Waals surface area contributed by atoms with E-state index in [0.29, 0.717) is 13.0 Å². The van der Waals surface area contributed by atoms with Gasteiger partial charge in [0.2, 0.25) is 0 Å². The quantitative estimate of drug-likeness (QED) is 0.343. The molecular formula is C10H15N3O4. The van der Waals surface area contributed by atoms with Gasteiger partial charge in [-0.15, -0.1) is 5.11 Å². The summed E-state index contributed by atoms with van der Waals surface area (Å²) < 4.78 is 4.67. The summed E-state index contributed by atoms with van der Waals surface area (Å²) in [7, 11) is 0. The van der Waals surface area contributed by atoms with Crippen molar-refractivity contribution in [3.63, 3.8) is 0 Å². The maximum atomic E-state index is 11.2. The lowest BCUT2D eigenvalue weighted by atomic mass is 9.80. The first-order valence-corrected chi connectivity index (χ1v) is 5.29. The molecule has 0 bridgehead atoms. The van der Waals surface area contributed by atoms with E-state index < -0.39 is 12.1 Å². The van der Waals surface area contributed by atoms with Gasteiger partial charge in [-0.1, -0.05) is 0 Å². The number of carbonyl (C=O) groups excluding carboxylic acids is 2. The number of aliphatic hydroxyl groups excluding tert-OH is 1. The molecule has 17 heavy (non-hydrogen) atoms. The van der Waals surface area contributed by atoms with Gasteiger partial charge in [-0.05, 0) is 6.92 Å². The Morgan fingerprint density at radius 2 is 2.47 bits per heavy atom. The predicted octanol–water partition coefficient (Wildman–Crippen LogP) is -0.0386. The number of ether oxygens (including phenoxy) is 1. The number of esters is 1. The largest absolute Gasteiger partial charge is 0.461 e. The second kappa shape index (κ2) is 6.09. The fraction of sp³-hybridized carbons (Fsp3) is 0.600. The third-order valence-corrected chi connectivity index (χ3v) is 2.46. The van der Waals surface area contributed by atoms with Gasteiger partial charge in [-0.2, -0.15) is 0 Å². The van der Waals surface area contributed by atoms with E-state index in [4.69, 9.17) is 5.53 Å². The molecule has 0 aromatic heterocycles. The number of nitrogens with zero attached hydrogens (tertiary/aromatic N) is 1. The second-order valence-electron chi connectivity index (χ2n) is 3.65. The molecule has 2 atom stereocenters. The molecule has 1 aliphatic carbocycles. The van der Waals surface area contributed by atoms with Crippen LogP contribution in [0.15, 0.2) is 17.0 Å². The number of aliphatic hydroxyl groups is 1. The molecule has 7 heteroatoms. The fourth-order valence-electron chi connectivity index (χ4n) is 1.43. The molecule has 94 valence electrons. The van der Waals surface area contributed by atoms with E-state index in [1.165, 1.54) is 6.20 Å². The highest BCUT2D eigenvalue weighted by atomic mass is 16.5. The molecular weight excluding hydrogens is 226 g/mol. The molecule has 0 aromatic carbocycles. The van der Waals surface area contributed by atoms with Gasteiger partial charge in [0.25, 0.3) is 0 Å². The maximum absolute atomic E-state index is 11.2. The molecule has 2 unspecified atom stereocenters. The van der Waals surface area contributed by atoms with Crippen molar-refractivity contribution in [1.29, 1.82) is 5.53 Å². The first-order chi connectivity index (χ1) is 8.10. The van der Waals surface area contributed by atoms with E-state index in [0.717, 1.165) is 0 Å². The van der Waals surface area contributed by atoms with Crippen molar-refractivity contribution in [2.45, 2.75) is 19.4 Å². The van der Waals surface area contributed by atoms with Crippen molar-refractivity contribution >= 4 is 11.8 Å². The van der Waals surface area contributed by atoms with Crippen LogP contribution in [0.2, 0.25) is 0 Å². The van der Waals surface area contributed by atoms with Gasteiger partial charge in [-0.3, -0.25) is 4.79 Å². The number of rotatable bonds is 6. The predicted molar refractivity (Wildman–Crippen MR) is 57.0 cm³/mol. The minimum absolute atomic E-state index is 0.145. The van der Waals surface area contributed by atoms with Crippen molar-refractivity contribution in [2.24, 2.45) is 11.0 Å². The van der Waals surface area contributed by atoms with E-state index in [2.05, 4.69) is 15.2 Å². The molecule has 0 heterocycles. The smallest absolute Gasteiger partial charge is 0.360 e. The minimum Gasteiger partial charge on any atom is -0.461 e. The second-order valence-corrected chi connectivity index (χ2v) is 3.65. The van der Waals surface area contributed by atoms with Gasteiger partial charge in [-0.25, -0.2) is 10.3 Å². The Kier molecular flexibility index (Phi) is 4.77. The molecule has 0 aliphatic heterocycles. The van der Waals surface area contributed by atoms with Gasteiger partial charge in [0.1, 0.15) is 6.10 Å². The van der Waals surface area contributed by atoms with Crippen molar-refractivity contribution < 1.29 is 19.4 Å². The van der Waals surface area contributed by atoms with Crippen molar-refractivity contribution in [1.82, 2.24) is 5.32 Å². The van der Waals surface area contributed by atoms with Crippen molar-refractivity contribution in [3.05, 3.63) is 11.9 Å². The molecule has 0 amide bonds. The molecule has 7 nitrogen and oxygen atoms in total. The molecule has 0 saturated heterocycles. The highest BCUT2D eigenvalue weighted by Gasteiger charge is 2.37. The topological polar surface area (TPSA) is 112 Å². The van der Waals surface area contributed by atoms with E-state index in [1.807, 2.05) is 0 Å². The van der Waals surface area contributed by atoms with E-state index in [9.17, 15) is 14.7 Å². The van der Waals surface area contributed by atoms with Crippen LogP contribution in [0.5, 0.6) is 0 Å². The van der Waals surface area contributed by atoms with Crippen LogP contribution in [0.25, 0.3) is 0 Å². The van der Waals surface area contributed by atoms with Crippen molar-refractivity contribution in [3.8, 4) is 0 Å². The Morgan fingerprint density at radius 1 is 1.76 bits per heavy atom. The zero-order valence-corrected chi connectivity index (χ0v) is 9.47. The Morgan fingerprint density at radius 3 is 2.94 bits per heavy atom. The third-order valence-electron chi connectivity index (χ3n) is 2.46. The van der Waals surface area contributed by atoms with Crippen LogP contribution in [-0.2, 0) is 14.3 Å². The van der Waals surface area contributed by atoms with Crippen LogP contribution < -0.4 is 5.32 Å². The van der Waals surface area contributed by atoms with Crippen LogP contribution in [0.1, 0.15) is 13.3 Å². The summed E-state index contributed by atoms with van der Waals surface area (Å²) in [5.41, 5.74) is 6.65. The van der Waals surface area contributed by atoms with E-state index in [-0.39, 0.29) is 24.0 Å². The molecule has 0 aromatic rings. The van der Waals surface area contributed by atoms with E-state index >= 15 is 0 Å². The average molecular weight is 241 g/mol. The van der Waals surface area contributed by atoms with Gasteiger partial charge in [0.15, 0.2) is 11.5 Å². The first-order valence-electron chi connectivity index (χ1n) is 5.29. The number of carbonyl (C=O) groups is 2. The molecule has 1 fully saturated rings. The first kappa shape index (κ1) is 13.3. The summed E-state index contributed by atoms with van der Waals surface area (Å²) in [4.78, 5) is 22.0. The summed E-state index contributed by atoms with van der Waals surface area (Å²) >= 11 is 0. The van der Waals surface area contributed by atoms with Gasteiger partial charge in [0, 0.05) is 25.1 Å². The van der Waals surface area contributed by atoms with Crippen LogP contribution >= 0.6 is 0 Å². The van der Waals surface area contributed by atoms with Crippen LogP contribution in [0.3, 0.4) is 0 Å². The molecule has 1 aliphatic rings. The average Bonchev–Trinajstić information content (AvgIpc) is 2.33. The summed E-state index contributed by atoms with van der Waals surface area (Å²) in [6, 6.07) is 0. The summed E-state index contributed by atoms with van der Waals surface area (Å²) in [6.45, 7) is 2.22. The Labute approximate surface area is 98.3 Å². The molecule has 1 saturated carbocycles. The maximum Gasteiger partial charge on any atom is 0.360 e. The number of nitrogens with one attached hydrogen (secondary N) is 2. The highest BCUT2D eigenvalue weighted by Crippen LogP contribution is 2.22. The molecule has 0 radical (unpaired) electrons. The molecule has 1 rings (SSSR count). The molecule has 0 spiro atoms. The lowest BCUT2D eigenvalue weighted by Gasteiger charge is -2.30. The van der Waals surface area contributed by atoms with E-state index in [1.54, 1.807) is 6.92 Å².